The molecule has 21 heavy (non-hydrogen) atoms. The Labute approximate surface area is 133 Å². The molecule has 0 bridgehead atoms. The third-order valence-corrected chi connectivity index (χ3v) is 5.24. The lowest BCUT2D eigenvalue weighted by molar-refractivity contribution is 0.230. The van der Waals surface area contributed by atoms with Gasteiger partial charge in [0, 0.05) is 6.04 Å². The largest absolute Gasteiger partial charge is 0.327 e. The minimum atomic E-state index is -0.300. The van der Waals surface area contributed by atoms with Crippen LogP contribution in [-0.2, 0) is 6.42 Å². The molecule has 1 nitrogen and oxygen atoms in total. The van der Waals surface area contributed by atoms with Gasteiger partial charge in [-0.1, -0.05) is 62.8 Å². The van der Waals surface area contributed by atoms with Crippen LogP contribution in [0.3, 0.4) is 0 Å². The summed E-state index contributed by atoms with van der Waals surface area (Å²) in [6, 6.07) is 5.23. The van der Waals surface area contributed by atoms with Crippen molar-refractivity contribution in [2.75, 3.05) is 0 Å². The molecule has 0 heterocycles. The fraction of sp³-hybridized carbons (Fsp3) is 0.667. The predicted octanol–water partition coefficient (Wildman–Crippen LogP) is 5.35. The van der Waals surface area contributed by atoms with Gasteiger partial charge >= 0.3 is 0 Å². The molecule has 0 saturated heterocycles. The third kappa shape index (κ3) is 4.69. The summed E-state index contributed by atoms with van der Waals surface area (Å²) in [5.41, 5.74) is 6.99. The molecule has 0 aliphatic heterocycles. The van der Waals surface area contributed by atoms with Crippen LogP contribution in [0.1, 0.15) is 57.4 Å². The highest BCUT2D eigenvalue weighted by atomic mass is 35.5. The molecular formula is C18H27ClFN. The van der Waals surface area contributed by atoms with Gasteiger partial charge in [-0.3, -0.25) is 0 Å². The van der Waals surface area contributed by atoms with Crippen molar-refractivity contribution in [3.63, 3.8) is 0 Å². The molecule has 2 rings (SSSR count). The van der Waals surface area contributed by atoms with Crippen molar-refractivity contribution in [2.24, 2.45) is 17.6 Å². The molecule has 1 unspecified atom stereocenters. The number of unbranched alkanes of at least 4 members (excludes halogenated alkanes) is 1. The van der Waals surface area contributed by atoms with Crippen LogP contribution >= 0.6 is 11.6 Å². The fourth-order valence-electron chi connectivity index (χ4n) is 3.52. The van der Waals surface area contributed by atoms with E-state index < -0.39 is 0 Å². The van der Waals surface area contributed by atoms with Crippen molar-refractivity contribution in [1.29, 1.82) is 0 Å². The van der Waals surface area contributed by atoms with Crippen molar-refractivity contribution in [2.45, 2.75) is 64.3 Å². The van der Waals surface area contributed by atoms with Crippen LogP contribution in [0.5, 0.6) is 0 Å². The molecule has 1 aliphatic rings. The average Bonchev–Trinajstić information content (AvgIpc) is 2.50. The standard InChI is InChI=1S/C18H27ClFN/c1-2-3-5-13-8-10-14(11-9-13)17(21)12-15-6-4-7-16(19)18(15)20/h4,6-7,13-14,17H,2-3,5,8-12,21H2,1H3. The zero-order valence-electron chi connectivity index (χ0n) is 13.0. The van der Waals surface area contributed by atoms with Crippen LogP contribution < -0.4 is 5.73 Å². The Morgan fingerprint density at radius 2 is 2.00 bits per heavy atom. The van der Waals surface area contributed by atoms with E-state index in [0.29, 0.717) is 17.9 Å². The lowest BCUT2D eigenvalue weighted by atomic mass is 9.76. The molecule has 1 atom stereocenters. The van der Waals surface area contributed by atoms with Gasteiger partial charge in [0.15, 0.2) is 0 Å². The zero-order chi connectivity index (χ0) is 15.2. The highest BCUT2D eigenvalue weighted by molar-refractivity contribution is 6.30. The first-order valence-corrected chi connectivity index (χ1v) is 8.68. The number of hydrogen-bond acceptors (Lipinski definition) is 1. The maximum Gasteiger partial charge on any atom is 0.145 e. The second kappa shape index (κ2) is 8.14. The second-order valence-corrected chi connectivity index (χ2v) is 6.91. The zero-order valence-corrected chi connectivity index (χ0v) is 13.7. The van der Waals surface area contributed by atoms with E-state index in [2.05, 4.69) is 6.92 Å². The lowest BCUT2D eigenvalue weighted by Gasteiger charge is -2.32. The molecular weight excluding hydrogens is 285 g/mol. The highest BCUT2D eigenvalue weighted by Crippen LogP contribution is 2.34. The third-order valence-electron chi connectivity index (χ3n) is 4.95. The summed E-state index contributed by atoms with van der Waals surface area (Å²) in [4.78, 5) is 0. The van der Waals surface area contributed by atoms with Crippen molar-refractivity contribution in [3.8, 4) is 0 Å². The molecule has 0 aromatic heterocycles. The summed E-state index contributed by atoms with van der Waals surface area (Å²) >= 11 is 5.83. The molecule has 0 spiro atoms. The number of rotatable bonds is 6. The predicted molar refractivity (Wildman–Crippen MR) is 88.1 cm³/mol. The Bertz CT molecular complexity index is 441. The molecule has 1 aromatic rings. The fourth-order valence-corrected chi connectivity index (χ4v) is 3.72. The first-order chi connectivity index (χ1) is 10.1. The van der Waals surface area contributed by atoms with E-state index in [9.17, 15) is 4.39 Å². The molecule has 1 aliphatic carbocycles. The van der Waals surface area contributed by atoms with E-state index in [0.717, 1.165) is 5.92 Å². The molecule has 3 heteroatoms. The molecule has 1 fully saturated rings. The van der Waals surface area contributed by atoms with E-state index >= 15 is 0 Å². The molecule has 1 saturated carbocycles. The van der Waals surface area contributed by atoms with Crippen molar-refractivity contribution in [1.82, 2.24) is 0 Å². The van der Waals surface area contributed by atoms with Crippen LogP contribution in [0, 0.1) is 17.7 Å². The number of benzene rings is 1. The maximum absolute atomic E-state index is 13.9. The van der Waals surface area contributed by atoms with E-state index in [1.807, 2.05) is 0 Å². The number of halogens is 2. The van der Waals surface area contributed by atoms with Crippen LogP contribution in [-0.4, -0.2) is 6.04 Å². The van der Waals surface area contributed by atoms with Crippen LogP contribution in [0.2, 0.25) is 5.02 Å². The lowest BCUT2D eigenvalue weighted by Crippen LogP contribution is -2.35. The molecule has 1 aromatic carbocycles. The van der Waals surface area contributed by atoms with Crippen LogP contribution in [0.4, 0.5) is 4.39 Å². The quantitative estimate of drug-likeness (QED) is 0.753. The van der Waals surface area contributed by atoms with Gasteiger partial charge in [0.1, 0.15) is 5.82 Å². The number of hydrogen-bond donors (Lipinski definition) is 1. The summed E-state index contributed by atoms with van der Waals surface area (Å²) in [6.07, 6.45) is 9.54. The molecule has 0 radical (unpaired) electrons. The Morgan fingerprint density at radius 1 is 1.29 bits per heavy atom. The van der Waals surface area contributed by atoms with Crippen molar-refractivity contribution < 1.29 is 4.39 Å². The normalized spacial score (nSPS) is 24.0. The van der Waals surface area contributed by atoms with Gasteiger partial charge in [-0.05, 0) is 42.7 Å². The molecule has 0 amide bonds. The van der Waals surface area contributed by atoms with Crippen LogP contribution in [0.15, 0.2) is 18.2 Å². The Balaban J connectivity index is 1.84. The number of nitrogens with two attached hydrogens (primary N) is 1. The first-order valence-electron chi connectivity index (χ1n) is 8.30. The summed E-state index contributed by atoms with van der Waals surface area (Å²) < 4.78 is 13.9. The second-order valence-electron chi connectivity index (χ2n) is 6.50. The summed E-state index contributed by atoms with van der Waals surface area (Å²) in [7, 11) is 0. The highest BCUT2D eigenvalue weighted by Gasteiger charge is 2.26. The topological polar surface area (TPSA) is 26.0 Å². The molecule has 118 valence electrons. The SMILES string of the molecule is CCCCC1CCC(C(N)Cc2cccc(Cl)c2F)CC1. The minimum absolute atomic E-state index is 0.0464. The first kappa shape index (κ1) is 16.8. The Hall–Kier alpha value is -0.600. The van der Waals surface area contributed by atoms with E-state index in [1.165, 1.54) is 44.9 Å². The van der Waals surface area contributed by atoms with Gasteiger partial charge in [-0.2, -0.15) is 0 Å². The van der Waals surface area contributed by atoms with E-state index in [4.69, 9.17) is 17.3 Å². The molecule has 2 N–H and O–H groups in total. The Kier molecular flexibility index (Phi) is 6.50. The van der Waals surface area contributed by atoms with Gasteiger partial charge in [-0.15, -0.1) is 0 Å². The maximum atomic E-state index is 13.9. The van der Waals surface area contributed by atoms with Crippen molar-refractivity contribution >= 4 is 11.6 Å². The summed E-state index contributed by atoms with van der Waals surface area (Å²) in [5, 5.41) is 0.197. The van der Waals surface area contributed by atoms with Crippen molar-refractivity contribution in [3.05, 3.63) is 34.6 Å². The summed E-state index contributed by atoms with van der Waals surface area (Å²) in [5.74, 6) is 1.11. The minimum Gasteiger partial charge on any atom is -0.327 e. The van der Waals surface area contributed by atoms with Gasteiger partial charge in [0.05, 0.1) is 5.02 Å². The van der Waals surface area contributed by atoms with Gasteiger partial charge in [-0.25, -0.2) is 4.39 Å². The Morgan fingerprint density at radius 3 is 2.67 bits per heavy atom. The monoisotopic (exact) mass is 311 g/mol. The van der Waals surface area contributed by atoms with Gasteiger partial charge in [0.2, 0.25) is 0 Å². The van der Waals surface area contributed by atoms with Gasteiger partial charge < -0.3 is 5.73 Å². The van der Waals surface area contributed by atoms with Gasteiger partial charge in [0.25, 0.3) is 0 Å². The van der Waals surface area contributed by atoms with E-state index in [1.54, 1.807) is 18.2 Å². The average molecular weight is 312 g/mol. The smallest absolute Gasteiger partial charge is 0.145 e. The van der Waals surface area contributed by atoms with Crippen LogP contribution in [0.25, 0.3) is 0 Å². The van der Waals surface area contributed by atoms with E-state index in [-0.39, 0.29) is 16.9 Å². The summed E-state index contributed by atoms with van der Waals surface area (Å²) in [6.45, 7) is 2.25.